The van der Waals surface area contributed by atoms with Gasteiger partial charge in [-0.25, -0.2) is 0 Å². The minimum Gasteiger partial charge on any atom is -0.395 e. The minimum absolute atomic E-state index is 0.0447. The third-order valence-corrected chi connectivity index (χ3v) is 2.31. The number of ether oxygens (including phenoxy) is 1. The molecule has 0 radical (unpaired) electrons. The molecule has 2 atom stereocenters. The van der Waals surface area contributed by atoms with E-state index < -0.39 is 0 Å². The summed E-state index contributed by atoms with van der Waals surface area (Å²) in [5, 5.41) is 8.81. The molecule has 1 fully saturated rings. The lowest BCUT2D eigenvalue weighted by molar-refractivity contribution is 0.137. The molecule has 2 unspecified atom stereocenters. The molecule has 1 heterocycles. The highest BCUT2D eigenvalue weighted by Gasteiger charge is 2.18. The van der Waals surface area contributed by atoms with Gasteiger partial charge in [0.2, 0.25) is 0 Å². The number of nitrogens with two attached hydrogens (primary N) is 1. The number of hydrogen-bond acceptors (Lipinski definition) is 3. The van der Waals surface area contributed by atoms with Gasteiger partial charge in [0.1, 0.15) is 0 Å². The van der Waals surface area contributed by atoms with Gasteiger partial charge in [0.15, 0.2) is 0 Å². The Hall–Kier alpha value is -0.120. The first kappa shape index (κ1) is 8.97. The molecular weight excluding hydrogens is 142 g/mol. The zero-order valence-corrected chi connectivity index (χ0v) is 6.83. The molecule has 0 saturated carbocycles. The van der Waals surface area contributed by atoms with Crippen LogP contribution in [-0.2, 0) is 4.74 Å². The van der Waals surface area contributed by atoms with Crippen LogP contribution < -0.4 is 5.73 Å². The lowest BCUT2D eigenvalue weighted by atomic mass is 9.93. The predicted molar refractivity (Wildman–Crippen MR) is 43.2 cm³/mol. The lowest BCUT2D eigenvalue weighted by Gasteiger charge is -2.18. The van der Waals surface area contributed by atoms with Crippen molar-refractivity contribution in [3.8, 4) is 0 Å². The SMILES string of the molecule is NC(CO)C1CCCOCC1. The quantitative estimate of drug-likeness (QED) is 0.602. The van der Waals surface area contributed by atoms with Gasteiger partial charge >= 0.3 is 0 Å². The Balaban J connectivity index is 2.30. The highest BCUT2D eigenvalue weighted by molar-refractivity contribution is 4.73. The van der Waals surface area contributed by atoms with E-state index >= 15 is 0 Å². The molecule has 3 nitrogen and oxygen atoms in total. The number of rotatable bonds is 2. The highest BCUT2D eigenvalue weighted by Crippen LogP contribution is 2.17. The van der Waals surface area contributed by atoms with Crippen LogP contribution in [-0.4, -0.2) is 31.0 Å². The maximum Gasteiger partial charge on any atom is 0.0585 e. The molecule has 0 aromatic carbocycles. The van der Waals surface area contributed by atoms with Gasteiger partial charge in [0, 0.05) is 19.3 Å². The molecule has 0 spiro atoms. The van der Waals surface area contributed by atoms with Gasteiger partial charge in [0.05, 0.1) is 6.61 Å². The van der Waals surface area contributed by atoms with Crippen molar-refractivity contribution in [2.75, 3.05) is 19.8 Å². The van der Waals surface area contributed by atoms with Crippen LogP contribution in [0.5, 0.6) is 0 Å². The van der Waals surface area contributed by atoms with E-state index in [0.29, 0.717) is 5.92 Å². The van der Waals surface area contributed by atoms with Crippen molar-refractivity contribution in [1.29, 1.82) is 0 Å². The molecule has 66 valence electrons. The molecule has 0 bridgehead atoms. The molecule has 11 heavy (non-hydrogen) atoms. The summed E-state index contributed by atoms with van der Waals surface area (Å²) in [5.74, 6) is 0.461. The average molecular weight is 159 g/mol. The zero-order valence-electron chi connectivity index (χ0n) is 6.83. The Morgan fingerprint density at radius 1 is 1.45 bits per heavy atom. The largest absolute Gasteiger partial charge is 0.395 e. The Kier molecular flexibility index (Phi) is 3.83. The summed E-state index contributed by atoms with van der Waals surface area (Å²) in [5.41, 5.74) is 5.71. The van der Waals surface area contributed by atoms with E-state index in [1.165, 1.54) is 0 Å². The van der Waals surface area contributed by atoms with Gasteiger partial charge in [-0.2, -0.15) is 0 Å². The summed E-state index contributed by atoms with van der Waals surface area (Å²) in [7, 11) is 0. The molecule has 0 aromatic heterocycles. The monoisotopic (exact) mass is 159 g/mol. The maximum atomic E-state index is 8.81. The summed E-state index contributed by atoms with van der Waals surface area (Å²) in [6, 6.07) is -0.0447. The molecule has 0 aromatic rings. The second kappa shape index (κ2) is 4.70. The molecule has 1 aliphatic heterocycles. The summed E-state index contributed by atoms with van der Waals surface area (Å²) >= 11 is 0. The van der Waals surface area contributed by atoms with Crippen molar-refractivity contribution in [2.24, 2.45) is 11.7 Å². The number of hydrogen-bond donors (Lipinski definition) is 2. The van der Waals surface area contributed by atoms with E-state index in [4.69, 9.17) is 15.6 Å². The van der Waals surface area contributed by atoms with Gasteiger partial charge in [0.25, 0.3) is 0 Å². The standard InChI is InChI=1S/C8H17NO2/c9-8(6-10)7-2-1-4-11-5-3-7/h7-8,10H,1-6,9H2. The summed E-state index contributed by atoms with van der Waals surface area (Å²) in [6.45, 7) is 1.76. The first-order chi connectivity index (χ1) is 5.34. The van der Waals surface area contributed by atoms with E-state index in [1.54, 1.807) is 0 Å². The topological polar surface area (TPSA) is 55.5 Å². The molecule has 0 amide bonds. The van der Waals surface area contributed by atoms with Crippen molar-refractivity contribution < 1.29 is 9.84 Å². The molecule has 0 aliphatic carbocycles. The lowest BCUT2D eigenvalue weighted by Crippen LogP contribution is -2.33. The van der Waals surface area contributed by atoms with Crippen LogP contribution in [0.25, 0.3) is 0 Å². The van der Waals surface area contributed by atoms with Crippen LogP contribution in [0, 0.1) is 5.92 Å². The first-order valence-corrected chi connectivity index (χ1v) is 4.28. The van der Waals surface area contributed by atoms with E-state index in [0.717, 1.165) is 32.5 Å². The average Bonchev–Trinajstić information content (AvgIpc) is 2.30. The smallest absolute Gasteiger partial charge is 0.0585 e. The molecular formula is C8H17NO2. The summed E-state index contributed by atoms with van der Waals surface area (Å²) < 4.78 is 5.28. The number of aliphatic hydroxyl groups excluding tert-OH is 1. The number of aliphatic hydroxyl groups is 1. The summed E-state index contributed by atoms with van der Waals surface area (Å²) in [4.78, 5) is 0. The van der Waals surface area contributed by atoms with Crippen molar-refractivity contribution in [1.82, 2.24) is 0 Å². The van der Waals surface area contributed by atoms with Crippen molar-refractivity contribution in [2.45, 2.75) is 25.3 Å². The molecule has 1 saturated heterocycles. The zero-order chi connectivity index (χ0) is 8.10. The molecule has 1 aliphatic rings. The Labute approximate surface area is 67.5 Å². The molecule has 1 rings (SSSR count). The Morgan fingerprint density at radius 2 is 2.27 bits per heavy atom. The fourth-order valence-corrected chi connectivity index (χ4v) is 1.51. The van der Waals surface area contributed by atoms with Gasteiger partial charge in [-0.15, -0.1) is 0 Å². The van der Waals surface area contributed by atoms with Crippen molar-refractivity contribution in [3.05, 3.63) is 0 Å². The van der Waals surface area contributed by atoms with Gasteiger partial charge in [-0.1, -0.05) is 0 Å². The highest BCUT2D eigenvalue weighted by atomic mass is 16.5. The van der Waals surface area contributed by atoms with E-state index in [-0.39, 0.29) is 12.6 Å². The maximum absolute atomic E-state index is 8.81. The minimum atomic E-state index is -0.0447. The second-order valence-electron chi connectivity index (χ2n) is 3.15. The van der Waals surface area contributed by atoms with Crippen LogP contribution in [0.15, 0.2) is 0 Å². The summed E-state index contributed by atoms with van der Waals surface area (Å²) in [6.07, 6.45) is 3.18. The third-order valence-electron chi connectivity index (χ3n) is 2.31. The van der Waals surface area contributed by atoms with Crippen LogP contribution in [0.4, 0.5) is 0 Å². The normalized spacial score (nSPS) is 29.5. The van der Waals surface area contributed by atoms with E-state index in [9.17, 15) is 0 Å². The van der Waals surface area contributed by atoms with Crippen molar-refractivity contribution >= 4 is 0 Å². The van der Waals surface area contributed by atoms with Gasteiger partial charge in [-0.05, 0) is 25.2 Å². The fourth-order valence-electron chi connectivity index (χ4n) is 1.51. The van der Waals surface area contributed by atoms with Crippen LogP contribution in [0.2, 0.25) is 0 Å². The van der Waals surface area contributed by atoms with Crippen molar-refractivity contribution in [3.63, 3.8) is 0 Å². The predicted octanol–water partition coefficient (Wildman–Crippen LogP) is 0.123. The van der Waals surface area contributed by atoms with Gasteiger partial charge < -0.3 is 15.6 Å². The molecule has 3 heteroatoms. The second-order valence-corrected chi connectivity index (χ2v) is 3.15. The van der Waals surface area contributed by atoms with E-state index in [2.05, 4.69) is 0 Å². The van der Waals surface area contributed by atoms with E-state index in [1.807, 2.05) is 0 Å². The van der Waals surface area contributed by atoms with Gasteiger partial charge in [-0.3, -0.25) is 0 Å². The van der Waals surface area contributed by atoms with Crippen LogP contribution in [0.1, 0.15) is 19.3 Å². The Bertz CT molecular complexity index is 100. The Morgan fingerprint density at radius 3 is 3.00 bits per heavy atom. The molecule has 3 N–H and O–H groups in total. The third kappa shape index (κ3) is 2.77. The first-order valence-electron chi connectivity index (χ1n) is 4.28. The van der Waals surface area contributed by atoms with Crippen LogP contribution >= 0.6 is 0 Å². The fraction of sp³-hybridized carbons (Fsp3) is 1.00. The van der Waals surface area contributed by atoms with Crippen LogP contribution in [0.3, 0.4) is 0 Å².